The average molecular weight is 454 g/mol. The van der Waals surface area contributed by atoms with Crippen LogP contribution in [-0.2, 0) is 10.5 Å². The predicted molar refractivity (Wildman–Crippen MR) is 102 cm³/mol. The SMILES string of the molecule is O=[N+]([O-])C(=C(\SCc1ccccc1)N1CCOCC1)/C(Cl)=C(/Cl)Br. The highest BCUT2D eigenvalue weighted by Crippen LogP contribution is 2.36. The van der Waals surface area contributed by atoms with Gasteiger partial charge >= 0.3 is 5.70 Å². The van der Waals surface area contributed by atoms with Crippen molar-refractivity contribution in [2.75, 3.05) is 26.3 Å². The van der Waals surface area contributed by atoms with Crippen LogP contribution in [0.5, 0.6) is 0 Å². The minimum absolute atomic E-state index is 0.0157. The van der Waals surface area contributed by atoms with Crippen LogP contribution < -0.4 is 0 Å². The summed E-state index contributed by atoms with van der Waals surface area (Å²) in [5, 5.41) is 12.0. The monoisotopic (exact) mass is 452 g/mol. The van der Waals surface area contributed by atoms with Crippen LogP contribution in [0.25, 0.3) is 0 Å². The molecule has 2 rings (SSSR count). The molecule has 0 radical (unpaired) electrons. The Hall–Kier alpha value is -0.730. The van der Waals surface area contributed by atoms with Crippen molar-refractivity contribution in [3.63, 3.8) is 0 Å². The van der Waals surface area contributed by atoms with Crippen LogP contribution in [0.3, 0.4) is 0 Å². The van der Waals surface area contributed by atoms with Gasteiger partial charge in [-0.15, -0.1) is 0 Å². The topological polar surface area (TPSA) is 55.6 Å². The first-order valence-corrected chi connectivity index (χ1v) is 9.63. The molecule has 1 aromatic rings. The number of allylic oxidation sites excluding steroid dienone is 1. The van der Waals surface area contributed by atoms with E-state index in [1.807, 2.05) is 35.2 Å². The van der Waals surface area contributed by atoms with Crippen LogP contribution in [0.2, 0.25) is 0 Å². The molecule has 1 aliphatic heterocycles. The summed E-state index contributed by atoms with van der Waals surface area (Å²) in [6.45, 7) is 2.17. The molecule has 0 aliphatic carbocycles. The van der Waals surface area contributed by atoms with E-state index in [-0.39, 0.29) is 14.7 Å². The maximum atomic E-state index is 11.6. The molecule has 0 unspecified atom stereocenters. The Labute approximate surface area is 162 Å². The molecule has 0 bridgehead atoms. The van der Waals surface area contributed by atoms with Crippen molar-refractivity contribution >= 4 is 50.9 Å². The zero-order valence-electron chi connectivity index (χ0n) is 12.6. The molecular formula is C15H15BrCl2N2O3S. The summed E-state index contributed by atoms with van der Waals surface area (Å²) >= 11 is 16.3. The molecule has 1 fully saturated rings. The van der Waals surface area contributed by atoms with E-state index in [1.165, 1.54) is 11.8 Å². The molecular weight excluding hydrogens is 439 g/mol. The number of benzene rings is 1. The fourth-order valence-electron chi connectivity index (χ4n) is 2.14. The molecule has 1 aromatic carbocycles. The summed E-state index contributed by atoms with van der Waals surface area (Å²) in [5.74, 6) is 0.592. The van der Waals surface area contributed by atoms with Crippen molar-refractivity contribution in [2.45, 2.75) is 5.75 Å². The van der Waals surface area contributed by atoms with Crippen LogP contribution in [0.4, 0.5) is 0 Å². The first kappa shape index (κ1) is 19.6. The molecule has 24 heavy (non-hydrogen) atoms. The average Bonchev–Trinajstić information content (AvgIpc) is 2.59. The quantitative estimate of drug-likeness (QED) is 0.353. The van der Waals surface area contributed by atoms with Crippen molar-refractivity contribution in [3.05, 3.63) is 65.7 Å². The second-order valence-corrected chi connectivity index (χ2v) is 7.83. The van der Waals surface area contributed by atoms with Crippen molar-refractivity contribution in [2.24, 2.45) is 0 Å². The summed E-state index contributed by atoms with van der Waals surface area (Å²) in [6.07, 6.45) is 0. The lowest BCUT2D eigenvalue weighted by Gasteiger charge is -2.30. The summed E-state index contributed by atoms with van der Waals surface area (Å²) in [7, 11) is 0. The van der Waals surface area contributed by atoms with Gasteiger partial charge in [-0.2, -0.15) is 0 Å². The van der Waals surface area contributed by atoms with Gasteiger partial charge in [0.15, 0.2) is 5.03 Å². The van der Waals surface area contributed by atoms with Crippen LogP contribution >= 0.6 is 50.9 Å². The van der Waals surface area contributed by atoms with Gasteiger partial charge in [0, 0.05) is 18.8 Å². The summed E-state index contributed by atoms with van der Waals surface area (Å²) in [6, 6.07) is 9.75. The number of nitrogens with zero attached hydrogens (tertiary/aromatic N) is 2. The largest absolute Gasteiger partial charge is 0.378 e. The zero-order chi connectivity index (χ0) is 17.5. The number of halogens is 3. The van der Waals surface area contributed by atoms with Gasteiger partial charge in [0.1, 0.15) is 8.97 Å². The number of ether oxygens (including phenoxy) is 1. The van der Waals surface area contributed by atoms with Gasteiger partial charge in [-0.05, 0) is 21.5 Å². The van der Waals surface area contributed by atoms with Crippen LogP contribution in [0.15, 0.2) is 50.0 Å². The molecule has 0 spiro atoms. The van der Waals surface area contributed by atoms with E-state index >= 15 is 0 Å². The van der Waals surface area contributed by atoms with E-state index in [2.05, 4.69) is 15.9 Å². The Morgan fingerprint density at radius 2 is 1.92 bits per heavy atom. The van der Waals surface area contributed by atoms with Gasteiger partial charge < -0.3 is 9.64 Å². The third kappa shape index (κ3) is 5.39. The zero-order valence-corrected chi connectivity index (χ0v) is 16.5. The van der Waals surface area contributed by atoms with Crippen molar-refractivity contribution in [1.29, 1.82) is 0 Å². The smallest absolute Gasteiger partial charge is 0.319 e. The summed E-state index contributed by atoms with van der Waals surface area (Å²) in [5.41, 5.74) is 0.877. The van der Waals surface area contributed by atoms with E-state index in [0.717, 1.165) is 5.56 Å². The molecule has 5 nitrogen and oxygen atoms in total. The number of morpholine rings is 1. The number of hydrogen-bond donors (Lipinski definition) is 0. The minimum atomic E-state index is -0.491. The van der Waals surface area contributed by atoms with Crippen molar-refractivity contribution in [3.8, 4) is 0 Å². The summed E-state index contributed by atoms with van der Waals surface area (Å²) in [4.78, 5) is 13.0. The van der Waals surface area contributed by atoms with E-state index in [1.54, 1.807) is 0 Å². The van der Waals surface area contributed by atoms with E-state index < -0.39 is 4.92 Å². The summed E-state index contributed by atoms with van der Waals surface area (Å²) < 4.78 is 5.35. The molecule has 0 atom stereocenters. The Kier molecular flexibility index (Phi) is 7.90. The number of thioether (sulfide) groups is 1. The third-order valence-corrected chi connectivity index (χ3v) is 5.76. The highest BCUT2D eigenvalue weighted by atomic mass is 79.9. The molecule has 1 heterocycles. The second-order valence-electron chi connectivity index (χ2n) is 4.86. The lowest BCUT2D eigenvalue weighted by atomic mass is 10.2. The van der Waals surface area contributed by atoms with Crippen LogP contribution in [0.1, 0.15) is 5.56 Å². The minimum Gasteiger partial charge on any atom is -0.378 e. The lowest BCUT2D eigenvalue weighted by Crippen LogP contribution is -2.36. The molecule has 0 amide bonds. The maximum absolute atomic E-state index is 11.6. The number of nitro groups is 1. The van der Waals surface area contributed by atoms with Gasteiger partial charge in [0.25, 0.3) is 0 Å². The van der Waals surface area contributed by atoms with E-state index in [0.29, 0.717) is 37.1 Å². The fraction of sp³-hybridized carbons (Fsp3) is 0.333. The molecule has 9 heteroatoms. The normalized spacial score (nSPS) is 17.2. The predicted octanol–water partition coefficient (Wildman–Crippen LogP) is 4.74. The Morgan fingerprint density at radius 3 is 2.46 bits per heavy atom. The lowest BCUT2D eigenvalue weighted by molar-refractivity contribution is -0.421. The highest BCUT2D eigenvalue weighted by Gasteiger charge is 2.30. The van der Waals surface area contributed by atoms with Gasteiger partial charge in [0.2, 0.25) is 0 Å². The third-order valence-electron chi connectivity index (χ3n) is 3.28. The van der Waals surface area contributed by atoms with E-state index in [4.69, 9.17) is 27.9 Å². The van der Waals surface area contributed by atoms with Crippen LogP contribution in [-0.4, -0.2) is 36.1 Å². The Bertz CT molecular complexity index is 645. The number of rotatable bonds is 6. The molecule has 1 aliphatic rings. The maximum Gasteiger partial charge on any atom is 0.319 e. The van der Waals surface area contributed by atoms with Crippen LogP contribution in [0, 0.1) is 10.1 Å². The van der Waals surface area contributed by atoms with E-state index in [9.17, 15) is 10.1 Å². The van der Waals surface area contributed by atoms with Crippen molar-refractivity contribution in [1.82, 2.24) is 4.90 Å². The van der Waals surface area contributed by atoms with Gasteiger partial charge in [-0.1, -0.05) is 65.3 Å². The Morgan fingerprint density at radius 1 is 1.29 bits per heavy atom. The number of hydrogen-bond acceptors (Lipinski definition) is 5. The molecule has 130 valence electrons. The Balaban J connectivity index is 2.37. The molecule has 0 saturated carbocycles. The second kappa shape index (κ2) is 9.68. The first-order chi connectivity index (χ1) is 11.5. The molecule has 1 saturated heterocycles. The highest BCUT2D eigenvalue weighted by molar-refractivity contribution is 9.12. The molecule has 0 aromatic heterocycles. The van der Waals surface area contributed by atoms with Gasteiger partial charge in [0.05, 0.1) is 18.1 Å². The molecule has 0 N–H and O–H groups in total. The first-order valence-electron chi connectivity index (χ1n) is 7.10. The standard InChI is InChI=1S/C15H15BrCl2N2O3S/c16-14(18)12(17)13(20(21)22)15(19-6-8-23-9-7-19)24-10-11-4-2-1-3-5-11/h1-5H,6-10H2/b14-12-,15-13-. The van der Waals surface area contributed by atoms with Gasteiger partial charge in [-0.25, -0.2) is 0 Å². The van der Waals surface area contributed by atoms with Crippen molar-refractivity contribution < 1.29 is 9.66 Å². The fourth-order valence-corrected chi connectivity index (χ4v) is 3.81. The van der Waals surface area contributed by atoms with Gasteiger partial charge in [-0.3, -0.25) is 10.1 Å².